The Labute approximate surface area is 226 Å². The Morgan fingerprint density at radius 2 is 1.87 bits per heavy atom. The van der Waals surface area contributed by atoms with Crippen LogP contribution in [-0.4, -0.2) is 51.3 Å². The average molecular weight is 532 g/mol. The van der Waals surface area contributed by atoms with Crippen molar-refractivity contribution in [2.45, 2.75) is 45.6 Å². The summed E-state index contributed by atoms with van der Waals surface area (Å²) in [6.07, 6.45) is 1.32. The van der Waals surface area contributed by atoms with Crippen LogP contribution in [0.5, 0.6) is 0 Å². The maximum Gasteiger partial charge on any atom is 0.251 e. The van der Waals surface area contributed by atoms with Crippen LogP contribution in [0.15, 0.2) is 60.8 Å². The predicted molar refractivity (Wildman–Crippen MR) is 148 cm³/mol. The number of ether oxygens (including phenoxy) is 1. The zero-order valence-electron chi connectivity index (χ0n) is 21.6. The Bertz CT molecular complexity index is 1470. The summed E-state index contributed by atoms with van der Waals surface area (Å²) in [6, 6.07) is 16.6. The summed E-state index contributed by atoms with van der Waals surface area (Å²) in [5.74, 6) is 0.607. The fraction of sp³-hybridized carbons (Fsp3) is 0.310. The summed E-state index contributed by atoms with van der Waals surface area (Å²) in [7, 11) is 0. The molecule has 8 nitrogen and oxygen atoms in total. The van der Waals surface area contributed by atoms with E-state index in [0.717, 1.165) is 41.2 Å². The number of hydrogen-bond acceptors (Lipinski definition) is 7. The molecule has 4 heterocycles. The fourth-order valence-corrected chi connectivity index (χ4v) is 4.91. The van der Waals surface area contributed by atoms with Crippen molar-refractivity contribution >= 4 is 34.2 Å². The number of carbonyl (C=O) groups excluding carboxylic acids is 1. The largest absolute Gasteiger partial charge is 0.389 e. The molecule has 2 N–H and O–H groups in total. The minimum absolute atomic E-state index is 0.147. The third-order valence-corrected chi connectivity index (χ3v) is 6.68. The van der Waals surface area contributed by atoms with E-state index in [0.29, 0.717) is 21.8 Å². The van der Waals surface area contributed by atoms with Crippen molar-refractivity contribution in [2.75, 3.05) is 18.0 Å². The van der Waals surface area contributed by atoms with Crippen LogP contribution >= 0.6 is 11.6 Å². The van der Waals surface area contributed by atoms with Crippen molar-refractivity contribution in [1.82, 2.24) is 20.3 Å². The van der Waals surface area contributed by atoms with Crippen LogP contribution < -0.4 is 10.2 Å². The number of aliphatic hydroxyl groups excluding tert-OH is 1. The third kappa shape index (κ3) is 5.93. The van der Waals surface area contributed by atoms with E-state index in [4.69, 9.17) is 26.3 Å². The molecular weight excluding hydrogens is 502 g/mol. The molecule has 9 heteroatoms. The zero-order valence-corrected chi connectivity index (χ0v) is 22.3. The van der Waals surface area contributed by atoms with Gasteiger partial charge in [-0.05, 0) is 74.9 Å². The van der Waals surface area contributed by atoms with Crippen LogP contribution in [0.3, 0.4) is 0 Å². The lowest BCUT2D eigenvalue weighted by atomic mass is 10.1. The Morgan fingerprint density at radius 3 is 2.63 bits per heavy atom. The molecule has 38 heavy (non-hydrogen) atoms. The summed E-state index contributed by atoms with van der Waals surface area (Å²) >= 11 is 6.13. The monoisotopic (exact) mass is 531 g/mol. The maximum atomic E-state index is 12.7. The molecule has 0 spiro atoms. The highest BCUT2D eigenvalue weighted by atomic mass is 35.5. The first-order chi connectivity index (χ1) is 18.2. The lowest BCUT2D eigenvalue weighted by Crippen LogP contribution is -2.45. The first-order valence-corrected chi connectivity index (χ1v) is 13.0. The van der Waals surface area contributed by atoms with E-state index in [-0.39, 0.29) is 24.7 Å². The van der Waals surface area contributed by atoms with E-state index in [1.165, 1.54) is 0 Å². The highest BCUT2D eigenvalue weighted by Crippen LogP contribution is 2.25. The molecule has 0 saturated carbocycles. The maximum absolute atomic E-state index is 12.7. The van der Waals surface area contributed by atoms with Crippen LogP contribution in [0.4, 0.5) is 5.82 Å². The Hall–Kier alpha value is -3.59. The van der Waals surface area contributed by atoms with E-state index < -0.39 is 6.10 Å². The second kappa shape index (κ2) is 11.0. The smallest absolute Gasteiger partial charge is 0.251 e. The van der Waals surface area contributed by atoms with Gasteiger partial charge in [0.25, 0.3) is 5.91 Å². The van der Waals surface area contributed by atoms with Crippen LogP contribution in [0.25, 0.3) is 22.3 Å². The lowest BCUT2D eigenvalue weighted by Gasteiger charge is -2.36. The molecule has 1 aliphatic heterocycles. The number of morpholine rings is 1. The van der Waals surface area contributed by atoms with E-state index >= 15 is 0 Å². The van der Waals surface area contributed by atoms with Crippen LogP contribution in [0.1, 0.15) is 48.5 Å². The molecule has 1 aliphatic rings. The molecule has 196 valence electrons. The minimum Gasteiger partial charge on any atom is -0.389 e. The number of amides is 1. The topological polar surface area (TPSA) is 100 Å². The molecule has 1 saturated heterocycles. The van der Waals surface area contributed by atoms with E-state index in [1.807, 2.05) is 36.4 Å². The molecule has 4 aromatic rings. The van der Waals surface area contributed by atoms with Crippen molar-refractivity contribution in [2.24, 2.45) is 0 Å². The highest BCUT2D eigenvalue weighted by molar-refractivity contribution is 6.31. The fourth-order valence-electron chi connectivity index (χ4n) is 4.66. The van der Waals surface area contributed by atoms with Gasteiger partial charge in [-0.1, -0.05) is 17.7 Å². The van der Waals surface area contributed by atoms with Gasteiger partial charge in [-0.2, -0.15) is 0 Å². The Morgan fingerprint density at radius 1 is 1.11 bits per heavy atom. The van der Waals surface area contributed by atoms with Gasteiger partial charge in [0.2, 0.25) is 0 Å². The minimum atomic E-state index is -0.723. The van der Waals surface area contributed by atoms with Crippen molar-refractivity contribution in [3.8, 4) is 11.4 Å². The molecule has 3 aromatic heterocycles. The zero-order chi connectivity index (χ0) is 26.8. The van der Waals surface area contributed by atoms with Crippen molar-refractivity contribution in [3.05, 3.63) is 82.6 Å². The molecule has 0 radical (unpaired) electrons. The van der Waals surface area contributed by atoms with Gasteiger partial charge in [0.15, 0.2) is 0 Å². The predicted octanol–water partition coefficient (Wildman–Crippen LogP) is 4.94. The average Bonchev–Trinajstić information content (AvgIpc) is 2.90. The number of aromatic nitrogens is 3. The molecule has 5 rings (SSSR count). The van der Waals surface area contributed by atoms with Gasteiger partial charge in [0.05, 0.1) is 47.5 Å². The number of pyridine rings is 3. The van der Waals surface area contributed by atoms with Crippen molar-refractivity contribution in [3.63, 3.8) is 0 Å². The van der Waals surface area contributed by atoms with Crippen molar-refractivity contribution in [1.29, 1.82) is 0 Å². The summed E-state index contributed by atoms with van der Waals surface area (Å²) in [4.78, 5) is 29.2. The standard InChI is InChI=1S/C29H30ClN5O3/c1-17-15-35(16-18(2)38-17)28-6-4-5-25(34-28)26-8-7-20-13-31-24(12-27(20)33-26)14-32-29(37)22-9-21(19(3)36)10-23(30)11-22/h4-13,17-19,36H,14-16H2,1-3H3,(H,32,37)/t17-,18+,19?. The van der Waals surface area contributed by atoms with Crippen LogP contribution in [0, 0.1) is 0 Å². The third-order valence-electron chi connectivity index (χ3n) is 6.47. The van der Waals surface area contributed by atoms with Gasteiger partial charge in [0, 0.05) is 35.3 Å². The van der Waals surface area contributed by atoms with Gasteiger partial charge >= 0.3 is 0 Å². The number of nitrogens with one attached hydrogen (secondary N) is 1. The Balaban J connectivity index is 1.34. The molecule has 0 bridgehead atoms. The number of benzene rings is 1. The molecule has 0 aliphatic carbocycles. The number of halogens is 1. The van der Waals surface area contributed by atoms with Gasteiger partial charge in [-0.3, -0.25) is 9.78 Å². The molecular formula is C29H30ClN5O3. The normalized spacial score (nSPS) is 18.4. The number of anilines is 1. The first-order valence-electron chi connectivity index (χ1n) is 12.7. The summed E-state index contributed by atoms with van der Waals surface area (Å²) in [6.45, 7) is 7.59. The number of rotatable bonds is 6. The number of hydrogen-bond donors (Lipinski definition) is 2. The van der Waals surface area contributed by atoms with Crippen LogP contribution in [0.2, 0.25) is 5.02 Å². The summed E-state index contributed by atoms with van der Waals surface area (Å²) in [5, 5.41) is 14.0. The van der Waals surface area contributed by atoms with E-state index in [1.54, 1.807) is 31.3 Å². The van der Waals surface area contributed by atoms with E-state index in [2.05, 4.69) is 29.0 Å². The molecule has 3 atom stereocenters. The number of fused-ring (bicyclic) bond motifs is 1. The highest BCUT2D eigenvalue weighted by Gasteiger charge is 2.23. The number of nitrogens with zero attached hydrogens (tertiary/aromatic N) is 4. The van der Waals surface area contributed by atoms with Gasteiger partial charge in [0.1, 0.15) is 5.82 Å². The van der Waals surface area contributed by atoms with Gasteiger partial charge in [-0.15, -0.1) is 0 Å². The number of carbonyl (C=O) groups is 1. The quantitative estimate of drug-likeness (QED) is 0.363. The second-order valence-corrected chi connectivity index (χ2v) is 10.2. The van der Waals surface area contributed by atoms with E-state index in [9.17, 15) is 9.90 Å². The SMILES string of the molecule is CC(O)c1cc(Cl)cc(C(=O)NCc2cc3nc(-c4cccc(N5C[C@@H](C)O[C@@H](C)C5)n4)ccc3cn2)c1. The molecule has 1 aromatic carbocycles. The van der Waals surface area contributed by atoms with Crippen molar-refractivity contribution < 1.29 is 14.6 Å². The molecule has 1 unspecified atom stereocenters. The number of aliphatic hydroxyl groups is 1. The van der Waals surface area contributed by atoms with Gasteiger partial charge in [-0.25, -0.2) is 9.97 Å². The lowest BCUT2D eigenvalue weighted by molar-refractivity contribution is -0.00545. The first kappa shape index (κ1) is 26.0. The summed E-state index contributed by atoms with van der Waals surface area (Å²) < 4.78 is 5.86. The molecule has 1 fully saturated rings. The second-order valence-electron chi connectivity index (χ2n) is 9.74. The molecule has 1 amide bonds. The summed E-state index contributed by atoms with van der Waals surface area (Å²) in [5.41, 5.74) is 3.95. The Kier molecular flexibility index (Phi) is 7.56. The van der Waals surface area contributed by atoms with Crippen LogP contribution in [-0.2, 0) is 11.3 Å². The van der Waals surface area contributed by atoms with Gasteiger partial charge < -0.3 is 20.1 Å².